The molecule has 3 heterocycles. The fraction of sp³-hybridized carbons (Fsp3) is 0.455. The molecule has 7 nitrogen and oxygen atoms in total. The van der Waals surface area contributed by atoms with Crippen molar-refractivity contribution in [2.45, 2.75) is 45.2 Å². The van der Waals surface area contributed by atoms with Crippen molar-refractivity contribution >= 4 is 23.1 Å². The molecule has 1 saturated heterocycles. The first-order valence-corrected chi connectivity index (χ1v) is 10.5. The first-order chi connectivity index (χ1) is 15.0. The number of hydrogen-bond donors (Lipinski definition) is 1. The maximum Gasteiger partial charge on any atom is 0.453 e. The number of anilines is 2. The van der Waals surface area contributed by atoms with E-state index < -0.39 is 12.0 Å². The lowest BCUT2D eigenvalue weighted by Crippen LogP contribution is -2.39. The smallest absolute Gasteiger partial charge is 0.355 e. The van der Waals surface area contributed by atoms with Gasteiger partial charge in [-0.05, 0) is 42.0 Å². The Morgan fingerprint density at radius 1 is 1.03 bits per heavy atom. The van der Waals surface area contributed by atoms with Crippen molar-refractivity contribution in [1.82, 2.24) is 19.8 Å². The maximum atomic E-state index is 13.1. The quantitative estimate of drug-likeness (QED) is 0.650. The van der Waals surface area contributed by atoms with Gasteiger partial charge in [0, 0.05) is 24.7 Å². The number of alkyl halides is 3. The fourth-order valence-electron chi connectivity index (χ4n) is 3.98. The topological polar surface area (TPSA) is 75.4 Å². The Hall–Kier alpha value is -3.17. The van der Waals surface area contributed by atoms with Gasteiger partial charge in [0.05, 0.1) is 0 Å². The summed E-state index contributed by atoms with van der Waals surface area (Å²) < 4.78 is 40.1. The molecule has 1 aliphatic heterocycles. The third-order valence-electron chi connectivity index (χ3n) is 5.68. The summed E-state index contributed by atoms with van der Waals surface area (Å²) in [5, 5.41) is 13.9. The van der Waals surface area contributed by atoms with Gasteiger partial charge in [0.15, 0.2) is 5.65 Å². The van der Waals surface area contributed by atoms with E-state index in [1.807, 2.05) is 29.2 Å². The fourth-order valence-corrected chi connectivity index (χ4v) is 3.98. The lowest BCUT2D eigenvalue weighted by atomic mass is 9.85. The van der Waals surface area contributed by atoms with Gasteiger partial charge in [0.25, 0.3) is 5.82 Å². The van der Waals surface area contributed by atoms with Gasteiger partial charge < -0.3 is 10.2 Å². The van der Waals surface area contributed by atoms with Crippen molar-refractivity contribution in [2.24, 2.45) is 5.92 Å². The van der Waals surface area contributed by atoms with Crippen LogP contribution in [0.1, 0.15) is 45.0 Å². The van der Waals surface area contributed by atoms with Gasteiger partial charge >= 0.3 is 6.18 Å². The molecule has 1 aliphatic rings. The second-order valence-electron chi connectivity index (χ2n) is 9.03. The highest BCUT2D eigenvalue weighted by atomic mass is 19.4. The van der Waals surface area contributed by atoms with Crippen LogP contribution in [0.3, 0.4) is 0 Å². The Labute approximate surface area is 183 Å². The number of aromatic nitrogens is 4. The number of hydrogen-bond acceptors (Lipinski definition) is 5. The predicted octanol–water partition coefficient (Wildman–Crippen LogP) is 4.30. The van der Waals surface area contributed by atoms with Gasteiger partial charge in [-0.3, -0.25) is 4.79 Å². The van der Waals surface area contributed by atoms with Crippen LogP contribution < -0.4 is 10.2 Å². The Bertz CT molecular complexity index is 1130. The van der Waals surface area contributed by atoms with Gasteiger partial charge in [0.2, 0.25) is 5.91 Å². The summed E-state index contributed by atoms with van der Waals surface area (Å²) in [7, 11) is 0. The highest BCUT2D eigenvalue weighted by molar-refractivity contribution is 5.93. The van der Waals surface area contributed by atoms with Crippen LogP contribution >= 0.6 is 0 Å². The molecule has 0 spiro atoms. The van der Waals surface area contributed by atoms with E-state index >= 15 is 0 Å². The van der Waals surface area contributed by atoms with Gasteiger partial charge in [0.1, 0.15) is 5.82 Å². The van der Waals surface area contributed by atoms with E-state index in [1.165, 1.54) is 6.07 Å². The van der Waals surface area contributed by atoms with E-state index in [4.69, 9.17) is 0 Å². The number of carbonyl (C=O) groups excluding carboxylic acids is 1. The van der Waals surface area contributed by atoms with E-state index in [1.54, 1.807) is 6.07 Å². The Morgan fingerprint density at radius 3 is 2.38 bits per heavy atom. The summed E-state index contributed by atoms with van der Waals surface area (Å²) in [5.41, 5.74) is 1.81. The van der Waals surface area contributed by atoms with Crippen LogP contribution in [0, 0.1) is 5.92 Å². The summed E-state index contributed by atoms with van der Waals surface area (Å²) in [5.74, 6) is -0.965. The molecule has 0 bridgehead atoms. The molecular formula is C22H25F3N6O. The molecule has 10 heteroatoms. The summed E-state index contributed by atoms with van der Waals surface area (Å²) in [6, 6.07) is 10.9. The zero-order valence-electron chi connectivity index (χ0n) is 18.1. The average Bonchev–Trinajstić information content (AvgIpc) is 3.17. The number of para-hydroxylation sites is 1. The average molecular weight is 446 g/mol. The van der Waals surface area contributed by atoms with Gasteiger partial charge in [-0.15, -0.1) is 15.3 Å². The van der Waals surface area contributed by atoms with Crippen LogP contribution in [0.5, 0.6) is 0 Å². The van der Waals surface area contributed by atoms with Crippen molar-refractivity contribution in [3.05, 3.63) is 47.8 Å². The highest BCUT2D eigenvalue weighted by Gasteiger charge is 2.38. The summed E-state index contributed by atoms with van der Waals surface area (Å²) in [4.78, 5) is 14.8. The van der Waals surface area contributed by atoms with E-state index in [0.717, 1.165) is 15.8 Å². The molecule has 1 amide bonds. The van der Waals surface area contributed by atoms with Crippen LogP contribution in [0.4, 0.5) is 24.7 Å². The molecule has 2 aromatic heterocycles. The Balaban J connectivity index is 1.44. The molecule has 170 valence electrons. The molecule has 0 saturated carbocycles. The molecule has 1 fully saturated rings. The molecule has 0 radical (unpaired) electrons. The molecule has 1 aromatic carbocycles. The van der Waals surface area contributed by atoms with Crippen LogP contribution in [0.2, 0.25) is 0 Å². The van der Waals surface area contributed by atoms with Crippen molar-refractivity contribution < 1.29 is 18.0 Å². The SMILES string of the molecule is CC(C)(C)c1ccccc1NC(=O)C1CCN(c2ccc3nnc(C(F)(F)F)n3n2)CC1. The predicted molar refractivity (Wildman–Crippen MR) is 114 cm³/mol. The molecule has 0 aliphatic carbocycles. The number of benzene rings is 1. The minimum atomic E-state index is -4.64. The molecule has 3 aromatic rings. The summed E-state index contributed by atoms with van der Waals surface area (Å²) >= 11 is 0. The Morgan fingerprint density at radius 2 is 1.72 bits per heavy atom. The monoisotopic (exact) mass is 446 g/mol. The standard InChI is InChI=1S/C22H25F3N6O/c1-21(2,3)15-6-4-5-7-16(15)26-19(32)14-10-12-30(13-11-14)18-9-8-17-27-28-20(22(23,24)25)31(17)29-18/h4-9,14H,10-13H2,1-3H3,(H,26,32). The van der Waals surface area contributed by atoms with Crippen molar-refractivity contribution in [3.8, 4) is 0 Å². The lowest BCUT2D eigenvalue weighted by Gasteiger charge is -2.32. The number of carbonyl (C=O) groups is 1. The first-order valence-electron chi connectivity index (χ1n) is 10.5. The van der Waals surface area contributed by atoms with Gasteiger partial charge in [-0.1, -0.05) is 39.0 Å². The first kappa shape index (κ1) is 22.0. The zero-order valence-corrected chi connectivity index (χ0v) is 18.1. The van der Waals surface area contributed by atoms with Crippen LogP contribution in [-0.4, -0.2) is 38.8 Å². The van der Waals surface area contributed by atoms with Crippen LogP contribution in [-0.2, 0) is 16.4 Å². The number of amides is 1. The van der Waals surface area contributed by atoms with E-state index in [2.05, 4.69) is 41.4 Å². The van der Waals surface area contributed by atoms with Crippen molar-refractivity contribution in [2.75, 3.05) is 23.3 Å². The summed E-state index contributed by atoms with van der Waals surface area (Å²) in [6.45, 7) is 7.32. The van der Waals surface area contributed by atoms with E-state index in [0.29, 0.717) is 31.7 Å². The van der Waals surface area contributed by atoms with Gasteiger partial charge in [-0.25, -0.2) is 0 Å². The van der Waals surface area contributed by atoms with Crippen LogP contribution in [0.25, 0.3) is 5.65 Å². The molecule has 0 unspecified atom stereocenters. The normalized spacial score (nSPS) is 15.9. The zero-order chi connectivity index (χ0) is 23.1. The molecule has 0 atom stereocenters. The Kier molecular flexibility index (Phi) is 5.56. The molecule has 1 N–H and O–H groups in total. The third-order valence-corrected chi connectivity index (χ3v) is 5.68. The molecule has 4 rings (SSSR count). The van der Waals surface area contributed by atoms with Crippen molar-refractivity contribution in [1.29, 1.82) is 0 Å². The van der Waals surface area contributed by atoms with E-state index in [9.17, 15) is 18.0 Å². The maximum absolute atomic E-state index is 13.1. The summed E-state index contributed by atoms with van der Waals surface area (Å²) in [6.07, 6.45) is -3.48. The lowest BCUT2D eigenvalue weighted by molar-refractivity contribution is -0.146. The number of rotatable bonds is 3. The number of halogens is 3. The van der Waals surface area contributed by atoms with Crippen molar-refractivity contribution in [3.63, 3.8) is 0 Å². The second kappa shape index (κ2) is 8.07. The number of piperidine rings is 1. The van der Waals surface area contributed by atoms with Crippen LogP contribution in [0.15, 0.2) is 36.4 Å². The third kappa shape index (κ3) is 4.39. The number of nitrogens with zero attached hydrogens (tertiary/aromatic N) is 5. The number of nitrogens with one attached hydrogen (secondary N) is 1. The van der Waals surface area contributed by atoms with Gasteiger partial charge in [-0.2, -0.15) is 17.7 Å². The largest absolute Gasteiger partial charge is 0.453 e. The second-order valence-corrected chi connectivity index (χ2v) is 9.03. The molecular weight excluding hydrogens is 421 g/mol. The minimum absolute atomic E-state index is 0.0350. The molecule has 32 heavy (non-hydrogen) atoms. The minimum Gasteiger partial charge on any atom is -0.355 e. The van der Waals surface area contributed by atoms with E-state index in [-0.39, 0.29) is 22.9 Å². The number of fused-ring (bicyclic) bond motifs is 1. The highest BCUT2D eigenvalue weighted by Crippen LogP contribution is 2.31.